The van der Waals surface area contributed by atoms with E-state index in [-0.39, 0.29) is 36.4 Å². The highest BCUT2D eigenvalue weighted by atomic mass is 127. The number of halogens is 1. The van der Waals surface area contributed by atoms with Gasteiger partial charge in [0.15, 0.2) is 11.5 Å². The van der Waals surface area contributed by atoms with Crippen molar-refractivity contribution < 1.29 is 33.8 Å². The average Bonchev–Trinajstić information content (AvgIpc) is 3.32. The number of carbonyl (C=O) groups is 2. The number of ether oxygens (including phenoxy) is 2. The molecule has 244 valence electrons. The van der Waals surface area contributed by atoms with Gasteiger partial charge in [0.2, 0.25) is 11.8 Å². The third-order valence-corrected chi connectivity index (χ3v) is 10.1. The number of benzene rings is 2. The molecular weight excluding hydrogens is 710 g/mol. The number of hydrogen-bond donors (Lipinski definition) is 2. The third-order valence-electron chi connectivity index (χ3n) is 9.28. The minimum absolute atomic E-state index is 0.0884. The molecule has 4 atom stereocenters. The highest BCUT2D eigenvalue weighted by Gasteiger charge is 2.57. The molecule has 3 aromatic rings. The normalized spacial score (nSPS) is 22.8. The molecule has 2 saturated heterocycles. The van der Waals surface area contributed by atoms with Crippen LogP contribution in [0, 0.1) is 21.3 Å². The van der Waals surface area contributed by atoms with E-state index in [1.807, 2.05) is 67.6 Å². The van der Waals surface area contributed by atoms with Crippen molar-refractivity contribution in [2.75, 3.05) is 20.3 Å². The molecule has 11 heteroatoms. The molecule has 0 spiro atoms. The number of allylic oxidation sites excluding steroid dienone is 1. The van der Waals surface area contributed by atoms with Crippen molar-refractivity contribution in [2.24, 2.45) is 17.8 Å². The number of hydrogen-bond acceptors (Lipinski definition) is 8. The number of phenolic OH excluding ortho intramolecular Hbond substituents is 1. The first-order valence-corrected chi connectivity index (χ1v) is 17.1. The van der Waals surface area contributed by atoms with E-state index in [1.54, 1.807) is 12.3 Å². The first-order chi connectivity index (χ1) is 22.8. The molecule has 2 aliphatic heterocycles. The van der Waals surface area contributed by atoms with E-state index in [9.17, 15) is 19.7 Å². The van der Waals surface area contributed by atoms with Gasteiger partial charge in [0.25, 0.3) is 0 Å². The number of amides is 2. The molecule has 0 saturated carbocycles. The molecule has 9 nitrogen and oxygen atoms in total. The topological polar surface area (TPSA) is 118 Å². The molecule has 0 radical (unpaired) electrons. The summed E-state index contributed by atoms with van der Waals surface area (Å²) in [5.74, 6) is -0.427. The van der Waals surface area contributed by atoms with Crippen LogP contribution in [0.5, 0.6) is 17.2 Å². The van der Waals surface area contributed by atoms with Gasteiger partial charge < -0.3 is 24.3 Å². The van der Waals surface area contributed by atoms with Crippen LogP contribution < -0.4 is 9.47 Å². The lowest BCUT2D eigenvalue weighted by atomic mass is 9.58. The molecule has 2 amide bonds. The summed E-state index contributed by atoms with van der Waals surface area (Å²) in [6, 6.07) is 18.9. The number of carbonyl (C=O) groups excluding carboxylic acids is 2. The van der Waals surface area contributed by atoms with Crippen molar-refractivity contribution in [1.82, 2.24) is 9.88 Å². The van der Waals surface area contributed by atoms with E-state index in [0.29, 0.717) is 47.3 Å². The number of pyridine rings is 1. The number of imide groups is 1. The van der Waals surface area contributed by atoms with E-state index in [0.717, 1.165) is 28.0 Å². The molecule has 0 unspecified atom stereocenters. The lowest BCUT2D eigenvalue weighted by molar-refractivity contribution is -0.140. The van der Waals surface area contributed by atoms with Crippen LogP contribution in [0.3, 0.4) is 0 Å². The number of methoxy groups -OCH3 is 1. The van der Waals surface area contributed by atoms with Gasteiger partial charge in [-0.2, -0.15) is 0 Å². The fraction of sp³-hybridized carbons (Fsp3) is 0.361. The quantitative estimate of drug-likeness (QED) is 0.106. The first kappa shape index (κ1) is 33.2. The molecule has 1 aliphatic carbocycles. The van der Waals surface area contributed by atoms with E-state index < -0.39 is 25.1 Å². The Kier molecular flexibility index (Phi) is 10.3. The SMILES string of the molecule is CCCN1C(=O)[C@@H]2[C@@H](CC(COc3ccccc3)=C3[C@@H](CC/C(=C/c4cc(I)c(O)c(OC)c4)c4ccccn4)OB(O)C[C@@H]32)C1=O. The van der Waals surface area contributed by atoms with Crippen LogP contribution in [0.25, 0.3) is 11.6 Å². The van der Waals surface area contributed by atoms with Crippen LogP contribution in [0.2, 0.25) is 6.32 Å². The summed E-state index contributed by atoms with van der Waals surface area (Å²) in [6.45, 7) is 2.62. The van der Waals surface area contributed by atoms with Gasteiger partial charge in [-0.25, -0.2) is 0 Å². The molecule has 0 bridgehead atoms. The number of phenols is 1. The Hall–Kier alpha value is -3.68. The molecule has 6 rings (SSSR count). The number of para-hydroxylation sites is 1. The van der Waals surface area contributed by atoms with Gasteiger partial charge in [0.1, 0.15) is 12.4 Å². The second kappa shape index (κ2) is 14.6. The lowest BCUT2D eigenvalue weighted by Crippen LogP contribution is -2.46. The van der Waals surface area contributed by atoms with Gasteiger partial charge in [-0.05, 0) is 125 Å². The Balaban J connectivity index is 1.36. The minimum Gasteiger partial charge on any atom is -0.504 e. The number of likely N-dealkylation sites (tertiary alicyclic amines) is 1. The van der Waals surface area contributed by atoms with E-state index in [4.69, 9.17) is 14.1 Å². The summed E-state index contributed by atoms with van der Waals surface area (Å²) < 4.78 is 18.6. The lowest BCUT2D eigenvalue weighted by Gasteiger charge is -2.43. The summed E-state index contributed by atoms with van der Waals surface area (Å²) in [4.78, 5) is 33.3. The second-order valence-electron chi connectivity index (χ2n) is 12.2. The molecule has 2 fully saturated rings. The summed E-state index contributed by atoms with van der Waals surface area (Å²) in [6.07, 6.45) is 5.67. The molecule has 47 heavy (non-hydrogen) atoms. The van der Waals surface area contributed by atoms with Crippen molar-refractivity contribution in [2.45, 2.75) is 45.0 Å². The molecule has 3 heterocycles. The molecule has 2 N–H and O–H groups in total. The first-order valence-electron chi connectivity index (χ1n) is 16.1. The van der Waals surface area contributed by atoms with Crippen LogP contribution in [-0.4, -0.2) is 65.3 Å². The monoisotopic (exact) mass is 748 g/mol. The molecule has 1 aromatic heterocycles. The maximum atomic E-state index is 13.7. The zero-order valence-corrected chi connectivity index (χ0v) is 28.6. The van der Waals surface area contributed by atoms with Crippen molar-refractivity contribution >= 4 is 53.2 Å². The van der Waals surface area contributed by atoms with Gasteiger partial charge in [-0.15, -0.1) is 0 Å². The Labute approximate surface area is 288 Å². The molecule has 2 aromatic carbocycles. The third kappa shape index (κ3) is 6.98. The van der Waals surface area contributed by atoms with Gasteiger partial charge in [-0.1, -0.05) is 31.2 Å². The summed E-state index contributed by atoms with van der Waals surface area (Å²) in [7, 11) is 0.448. The smallest absolute Gasteiger partial charge is 0.455 e. The predicted molar refractivity (Wildman–Crippen MR) is 187 cm³/mol. The number of nitrogens with zero attached hydrogens (tertiary/aromatic N) is 2. The zero-order valence-electron chi connectivity index (χ0n) is 26.5. The number of fused-ring (bicyclic) bond motifs is 3. The number of rotatable bonds is 11. The Bertz CT molecular complexity index is 1680. The van der Waals surface area contributed by atoms with Crippen molar-refractivity contribution in [3.63, 3.8) is 0 Å². The highest BCUT2D eigenvalue weighted by molar-refractivity contribution is 14.1. The van der Waals surface area contributed by atoms with Crippen LogP contribution >= 0.6 is 22.6 Å². The maximum absolute atomic E-state index is 13.7. The van der Waals surface area contributed by atoms with Gasteiger partial charge in [0, 0.05) is 12.7 Å². The Morgan fingerprint density at radius 1 is 1.13 bits per heavy atom. The minimum atomic E-state index is -1.07. The second-order valence-corrected chi connectivity index (χ2v) is 13.4. The fourth-order valence-corrected chi connectivity index (χ4v) is 7.87. The van der Waals surface area contributed by atoms with Gasteiger partial charge in [0.05, 0.1) is 34.3 Å². The molecule has 3 aliphatic rings. The average molecular weight is 748 g/mol. The predicted octanol–water partition coefficient (Wildman–Crippen LogP) is 6.01. The molecular formula is C36H38BIN2O7. The van der Waals surface area contributed by atoms with Gasteiger partial charge in [-0.3, -0.25) is 19.5 Å². The maximum Gasteiger partial charge on any atom is 0.455 e. The van der Waals surface area contributed by atoms with Crippen LogP contribution in [0.1, 0.15) is 43.9 Å². The van der Waals surface area contributed by atoms with E-state index in [2.05, 4.69) is 27.6 Å². The standard InChI is InChI=1S/C36H38BIN2O7/c1-3-15-40-35(42)26-19-24(21-46-25-9-5-4-6-10-25)32-27(33(26)36(40)43)20-37(44)47-30(32)13-12-23(29-11-7-8-14-39-29)16-22-17-28(38)34(41)31(18-22)45-2/h4-11,14,16-18,26-27,30,33,41,44H,3,12-13,15,19-21H2,1-2H3/b23-16-/t26-,27+,30-,33-/m1/s1. The highest BCUT2D eigenvalue weighted by Crippen LogP contribution is 2.51. The van der Waals surface area contributed by atoms with E-state index >= 15 is 0 Å². The van der Waals surface area contributed by atoms with Crippen LogP contribution in [0.15, 0.2) is 78.0 Å². The largest absolute Gasteiger partial charge is 0.504 e. The van der Waals surface area contributed by atoms with Gasteiger partial charge >= 0.3 is 7.12 Å². The van der Waals surface area contributed by atoms with E-state index in [1.165, 1.54) is 12.0 Å². The Morgan fingerprint density at radius 2 is 1.91 bits per heavy atom. The zero-order chi connectivity index (χ0) is 33.1. The summed E-state index contributed by atoms with van der Waals surface area (Å²) in [5.41, 5.74) is 4.49. The van der Waals surface area contributed by atoms with Crippen molar-refractivity contribution in [3.05, 3.63) is 92.8 Å². The van der Waals surface area contributed by atoms with Crippen LogP contribution in [0.4, 0.5) is 0 Å². The Morgan fingerprint density at radius 3 is 2.64 bits per heavy atom. The number of aromatic nitrogens is 1. The summed E-state index contributed by atoms with van der Waals surface area (Å²) >= 11 is 2.08. The van der Waals surface area contributed by atoms with Crippen molar-refractivity contribution in [3.8, 4) is 17.2 Å². The summed E-state index contributed by atoms with van der Waals surface area (Å²) in [5, 5.41) is 21.4. The number of aromatic hydroxyl groups is 1. The van der Waals surface area contributed by atoms with Crippen LogP contribution in [-0.2, 0) is 14.2 Å². The van der Waals surface area contributed by atoms with Crippen molar-refractivity contribution in [1.29, 1.82) is 0 Å². The fourth-order valence-electron chi connectivity index (χ4n) is 7.24.